The Morgan fingerprint density at radius 1 is 0.815 bits per heavy atom. The summed E-state index contributed by atoms with van der Waals surface area (Å²) in [5, 5.41) is 0.742. The second-order valence-electron chi connectivity index (χ2n) is 7.12. The molecular formula is C22H18ClIO3. The molecule has 0 aliphatic heterocycles. The van der Waals surface area contributed by atoms with Gasteiger partial charge >= 0.3 is 0 Å². The number of carbonyl (C=O) groups excluding carboxylic acids is 2. The molecule has 0 saturated heterocycles. The zero-order valence-corrected chi connectivity index (χ0v) is 17.5. The van der Waals surface area contributed by atoms with E-state index < -0.39 is 0 Å². The standard InChI is InChI=1S/C22H18ClIO3/c23-16-11-9-14(10-12-16)13-5-7-15(8-6-13)19-20(25)17-3-1-2-4-18(17)21(26)22(19)27-24/h1-4,9-13,15H,5-8H2/t13-,15-. The first-order valence-electron chi connectivity index (χ1n) is 9.06. The molecule has 0 spiro atoms. The van der Waals surface area contributed by atoms with Crippen LogP contribution in [0, 0.1) is 5.92 Å². The average molecular weight is 493 g/mol. The number of benzene rings is 2. The Morgan fingerprint density at radius 3 is 1.96 bits per heavy atom. The Bertz CT molecular complexity index is 925. The number of hydrogen-bond acceptors (Lipinski definition) is 3. The molecule has 2 aliphatic carbocycles. The normalized spacial score (nSPS) is 22.6. The van der Waals surface area contributed by atoms with Crippen molar-refractivity contribution < 1.29 is 12.7 Å². The number of hydrogen-bond donors (Lipinski definition) is 0. The Hall–Kier alpha value is -1.66. The summed E-state index contributed by atoms with van der Waals surface area (Å²) in [4.78, 5) is 25.9. The smallest absolute Gasteiger partial charge is 0.229 e. The summed E-state index contributed by atoms with van der Waals surface area (Å²) in [6.45, 7) is 0. The molecule has 2 aliphatic rings. The van der Waals surface area contributed by atoms with E-state index in [9.17, 15) is 9.59 Å². The number of halogens is 2. The van der Waals surface area contributed by atoms with Gasteiger partial charge in [0.2, 0.25) is 5.78 Å². The predicted octanol–water partition coefficient (Wildman–Crippen LogP) is 6.31. The summed E-state index contributed by atoms with van der Waals surface area (Å²) in [5.41, 5.74) is 2.78. The molecule has 138 valence electrons. The van der Waals surface area contributed by atoms with Crippen molar-refractivity contribution in [1.29, 1.82) is 0 Å². The van der Waals surface area contributed by atoms with E-state index in [-0.39, 0.29) is 23.2 Å². The lowest BCUT2D eigenvalue weighted by molar-refractivity contribution is 0.0933. The van der Waals surface area contributed by atoms with Gasteiger partial charge in [0.25, 0.3) is 0 Å². The van der Waals surface area contributed by atoms with Gasteiger partial charge < -0.3 is 3.07 Å². The Balaban J connectivity index is 1.59. The van der Waals surface area contributed by atoms with Crippen molar-refractivity contribution in [3.8, 4) is 0 Å². The van der Waals surface area contributed by atoms with Crippen LogP contribution in [-0.4, -0.2) is 11.6 Å². The molecule has 0 atom stereocenters. The van der Waals surface area contributed by atoms with Crippen molar-refractivity contribution >= 4 is 46.2 Å². The molecule has 0 unspecified atom stereocenters. The van der Waals surface area contributed by atoms with E-state index in [0.717, 1.165) is 30.7 Å². The van der Waals surface area contributed by atoms with Crippen molar-refractivity contribution in [3.63, 3.8) is 0 Å². The van der Waals surface area contributed by atoms with Crippen LogP contribution in [0.4, 0.5) is 0 Å². The number of allylic oxidation sites excluding steroid dienone is 2. The van der Waals surface area contributed by atoms with E-state index in [1.165, 1.54) is 5.56 Å². The van der Waals surface area contributed by atoms with Crippen LogP contribution >= 0.6 is 34.6 Å². The number of carbonyl (C=O) groups is 2. The summed E-state index contributed by atoms with van der Waals surface area (Å²) in [6, 6.07) is 15.0. The van der Waals surface area contributed by atoms with Crippen molar-refractivity contribution in [2.75, 3.05) is 0 Å². The Labute approximate surface area is 177 Å². The SMILES string of the molecule is O=C1C(OI)=C([C@H]2CC[C@H](c3ccc(Cl)cc3)CC2)C(=O)c2ccccc21. The van der Waals surface area contributed by atoms with Gasteiger partial charge in [-0.25, -0.2) is 0 Å². The van der Waals surface area contributed by atoms with Gasteiger partial charge in [-0.15, -0.1) is 0 Å². The van der Waals surface area contributed by atoms with E-state index in [0.29, 0.717) is 22.6 Å². The highest BCUT2D eigenvalue weighted by Crippen LogP contribution is 2.42. The average Bonchev–Trinajstić information content (AvgIpc) is 2.71. The highest BCUT2D eigenvalue weighted by atomic mass is 127. The van der Waals surface area contributed by atoms with Crippen LogP contribution in [-0.2, 0) is 3.07 Å². The number of fused-ring (bicyclic) bond motifs is 1. The van der Waals surface area contributed by atoms with Gasteiger partial charge in [-0.3, -0.25) is 9.59 Å². The minimum Gasteiger partial charge on any atom is -0.423 e. The van der Waals surface area contributed by atoms with Crippen LogP contribution in [0.25, 0.3) is 0 Å². The maximum Gasteiger partial charge on any atom is 0.229 e. The second kappa shape index (κ2) is 7.76. The van der Waals surface area contributed by atoms with Crippen LogP contribution in [0.2, 0.25) is 5.02 Å². The van der Waals surface area contributed by atoms with Crippen LogP contribution in [0.5, 0.6) is 0 Å². The number of Topliss-reactive ketones (excluding diaryl/α,β-unsaturated/α-hetero) is 2. The molecule has 0 amide bonds. The highest BCUT2D eigenvalue weighted by Gasteiger charge is 2.38. The molecule has 4 rings (SSSR count). The van der Waals surface area contributed by atoms with Crippen molar-refractivity contribution in [2.45, 2.75) is 31.6 Å². The number of ketones is 2. The molecule has 0 aromatic heterocycles. The molecule has 1 saturated carbocycles. The van der Waals surface area contributed by atoms with Crippen LogP contribution in [0.15, 0.2) is 59.9 Å². The first kappa shape index (κ1) is 18.7. The molecule has 3 nitrogen and oxygen atoms in total. The first-order valence-corrected chi connectivity index (χ1v) is 10.3. The topological polar surface area (TPSA) is 43.4 Å². The van der Waals surface area contributed by atoms with E-state index in [1.54, 1.807) is 47.3 Å². The second-order valence-corrected chi connectivity index (χ2v) is 8.00. The van der Waals surface area contributed by atoms with Gasteiger partial charge in [0.15, 0.2) is 34.5 Å². The van der Waals surface area contributed by atoms with Gasteiger partial charge in [-0.05, 0) is 55.2 Å². The molecule has 0 radical (unpaired) electrons. The van der Waals surface area contributed by atoms with Gasteiger partial charge in [0.05, 0.1) is 5.57 Å². The molecule has 2 aromatic carbocycles. The van der Waals surface area contributed by atoms with Gasteiger partial charge in [0.1, 0.15) is 0 Å². The largest absolute Gasteiger partial charge is 0.423 e. The molecule has 27 heavy (non-hydrogen) atoms. The highest BCUT2D eigenvalue weighted by molar-refractivity contribution is 14.1. The van der Waals surface area contributed by atoms with Crippen LogP contribution in [0.1, 0.15) is 57.9 Å². The summed E-state index contributed by atoms with van der Waals surface area (Å²) >= 11 is 7.70. The monoisotopic (exact) mass is 492 g/mol. The van der Waals surface area contributed by atoms with E-state index in [1.807, 2.05) is 12.1 Å². The fourth-order valence-corrected chi connectivity index (χ4v) is 4.83. The Morgan fingerprint density at radius 2 is 1.37 bits per heavy atom. The fourth-order valence-electron chi connectivity index (χ4n) is 4.27. The molecule has 0 bridgehead atoms. The zero-order chi connectivity index (χ0) is 19.0. The maximum absolute atomic E-state index is 13.1. The van der Waals surface area contributed by atoms with Gasteiger partial charge in [0, 0.05) is 16.1 Å². The fraction of sp³-hybridized carbons (Fsp3) is 0.273. The lowest BCUT2D eigenvalue weighted by Crippen LogP contribution is -2.28. The van der Waals surface area contributed by atoms with Gasteiger partial charge in [-0.1, -0.05) is 48.0 Å². The molecule has 2 aromatic rings. The summed E-state index contributed by atoms with van der Waals surface area (Å²) in [5.74, 6) is 0.489. The number of rotatable bonds is 3. The molecule has 0 heterocycles. The van der Waals surface area contributed by atoms with Gasteiger partial charge in [-0.2, -0.15) is 0 Å². The third-order valence-corrected chi connectivity index (χ3v) is 6.36. The van der Waals surface area contributed by atoms with Crippen molar-refractivity contribution in [1.82, 2.24) is 0 Å². The van der Waals surface area contributed by atoms with E-state index in [2.05, 4.69) is 12.1 Å². The molecule has 5 heteroatoms. The summed E-state index contributed by atoms with van der Waals surface area (Å²) in [7, 11) is 0. The third kappa shape index (κ3) is 3.45. The lowest BCUT2D eigenvalue weighted by atomic mass is 9.72. The first-order chi connectivity index (χ1) is 13.1. The van der Waals surface area contributed by atoms with Crippen LogP contribution < -0.4 is 0 Å². The molecule has 1 fully saturated rings. The summed E-state index contributed by atoms with van der Waals surface area (Å²) in [6.07, 6.45) is 3.70. The minimum absolute atomic E-state index is 0.0584. The minimum atomic E-state index is -0.186. The van der Waals surface area contributed by atoms with Crippen LogP contribution in [0.3, 0.4) is 0 Å². The zero-order valence-electron chi connectivity index (χ0n) is 14.6. The summed E-state index contributed by atoms with van der Waals surface area (Å²) < 4.78 is 5.39. The molecular weight excluding hydrogens is 475 g/mol. The lowest BCUT2D eigenvalue weighted by Gasteiger charge is -2.32. The van der Waals surface area contributed by atoms with Crippen molar-refractivity contribution in [3.05, 3.63) is 81.6 Å². The Kier molecular flexibility index (Phi) is 5.37. The van der Waals surface area contributed by atoms with E-state index >= 15 is 0 Å². The quantitative estimate of drug-likeness (QED) is 0.471. The van der Waals surface area contributed by atoms with Crippen molar-refractivity contribution in [2.24, 2.45) is 5.92 Å². The van der Waals surface area contributed by atoms with E-state index in [4.69, 9.17) is 14.7 Å². The third-order valence-electron chi connectivity index (χ3n) is 5.67. The maximum atomic E-state index is 13.1. The molecule has 0 N–H and O–H groups in total. The predicted molar refractivity (Wildman–Crippen MR) is 113 cm³/mol.